The minimum atomic E-state index is -0.797. The van der Waals surface area contributed by atoms with Gasteiger partial charge in [0.2, 0.25) is 11.8 Å². The third-order valence-corrected chi connectivity index (χ3v) is 4.23. The van der Waals surface area contributed by atoms with Crippen molar-refractivity contribution in [3.05, 3.63) is 18.5 Å². The number of carbonyl (C=O) groups excluding carboxylic acids is 2. The van der Waals surface area contributed by atoms with Crippen molar-refractivity contribution < 1.29 is 19.1 Å². The van der Waals surface area contributed by atoms with Crippen LogP contribution in [-0.4, -0.2) is 72.6 Å². The van der Waals surface area contributed by atoms with E-state index in [0.29, 0.717) is 45.7 Å². The van der Waals surface area contributed by atoms with Crippen molar-refractivity contribution in [1.82, 2.24) is 20.0 Å². The maximum Gasteiger partial charge on any atom is 0.222 e. The molecule has 0 aromatic carbocycles. The smallest absolute Gasteiger partial charge is 0.222 e. The molecular weight excluding hydrogens is 312 g/mol. The highest BCUT2D eigenvalue weighted by atomic mass is 16.5. The molecule has 0 radical (unpaired) electrons. The van der Waals surface area contributed by atoms with E-state index in [2.05, 4.69) is 10.4 Å². The second kappa shape index (κ2) is 8.79. The highest BCUT2D eigenvalue weighted by molar-refractivity contribution is 5.78. The van der Waals surface area contributed by atoms with Crippen molar-refractivity contribution in [2.45, 2.75) is 31.4 Å². The fourth-order valence-electron chi connectivity index (χ4n) is 2.79. The molecule has 2 amide bonds. The van der Waals surface area contributed by atoms with Gasteiger partial charge in [0.1, 0.15) is 5.60 Å². The summed E-state index contributed by atoms with van der Waals surface area (Å²) in [6, 6.07) is 1.86. The van der Waals surface area contributed by atoms with Gasteiger partial charge >= 0.3 is 0 Å². The number of nitrogens with one attached hydrogen (secondary N) is 1. The molecule has 0 aliphatic carbocycles. The summed E-state index contributed by atoms with van der Waals surface area (Å²) < 4.78 is 13.0. The van der Waals surface area contributed by atoms with Crippen LogP contribution in [0.5, 0.6) is 0 Å². The number of nitrogens with zero attached hydrogens (tertiary/aromatic N) is 3. The van der Waals surface area contributed by atoms with Crippen LogP contribution in [-0.2, 0) is 25.6 Å². The fraction of sp³-hybridized carbons (Fsp3) is 0.688. The fourth-order valence-corrected chi connectivity index (χ4v) is 2.79. The van der Waals surface area contributed by atoms with E-state index in [9.17, 15) is 9.59 Å². The summed E-state index contributed by atoms with van der Waals surface area (Å²) in [7, 11) is 3.14. The molecule has 0 unspecified atom stereocenters. The van der Waals surface area contributed by atoms with Gasteiger partial charge in [-0.15, -0.1) is 0 Å². The van der Waals surface area contributed by atoms with Crippen molar-refractivity contribution >= 4 is 11.8 Å². The van der Waals surface area contributed by atoms with Crippen LogP contribution in [0, 0.1) is 0 Å². The highest BCUT2D eigenvalue weighted by Crippen LogP contribution is 2.21. The molecular formula is C16H26N4O4. The molecule has 8 nitrogen and oxygen atoms in total. The molecule has 1 saturated heterocycles. The molecule has 0 saturated carbocycles. The molecule has 1 N–H and O–H groups in total. The van der Waals surface area contributed by atoms with Gasteiger partial charge < -0.3 is 19.7 Å². The number of aryl methyl sites for hydroxylation is 1. The van der Waals surface area contributed by atoms with Crippen molar-refractivity contribution in [3.8, 4) is 0 Å². The van der Waals surface area contributed by atoms with Gasteiger partial charge in [-0.3, -0.25) is 14.3 Å². The SMILES string of the molecule is CNC(=O)C[C@@]1(OC)COCCN(C(=O)CCCn2cccn2)C1. The number of rotatable bonds is 7. The average Bonchev–Trinajstić information content (AvgIpc) is 3.01. The van der Waals surface area contributed by atoms with Gasteiger partial charge in [-0.1, -0.05) is 0 Å². The largest absolute Gasteiger partial charge is 0.377 e. The molecule has 1 aromatic heterocycles. The molecule has 1 aliphatic heterocycles. The molecule has 0 spiro atoms. The van der Waals surface area contributed by atoms with Gasteiger partial charge in [-0.2, -0.15) is 5.10 Å². The summed E-state index contributed by atoms with van der Waals surface area (Å²) in [4.78, 5) is 26.0. The Kier molecular flexibility index (Phi) is 6.74. The third kappa shape index (κ3) is 5.04. The molecule has 1 aliphatic rings. The summed E-state index contributed by atoms with van der Waals surface area (Å²) in [6.07, 6.45) is 4.91. The van der Waals surface area contributed by atoms with Crippen molar-refractivity contribution in [3.63, 3.8) is 0 Å². The van der Waals surface area contributed by atoms with Crippen molar-refractivity contribution in [2.24, 2.45) is 0 Å². The quantitative estimate of drug-likeness (QED) is 0.759. The molecule has 1 aromatic rings. The lowest BCUT2D eigenvalue weighted by molar-refractivity contribution is -0.140. The Balaban J connectivity index is 1.92. The highest BCUT2D eigenvalue weighted by Gasteiger charge is 2.38. The lowest BCUT2D eigenvalue weighted by Gasteiger charge is -2.33. The molecule has 1 fully saturated rings. The molecule has 0 bridgehead atoms. The summed E-state index contributed by atoms with van der Waals surface area (Å²) in [6.45, 7) is 2.32. The van der Waals surface area contributed by atoms with Crippen LogP contribution >= 0.6 is 0 Å². The first-order valence-corrected chi connectivity index (χ1v) is 8.17. The zero-order valence-electron chi connectivity index (χ0n) is 14.4. The third-order valence-electron chi connectivity index (χ3n) is 4.23. The maximum absolute atomic E-state index is 12.5. The Bertz CT molecular complexity index is 534. The standard InChI is InChI=1S/C16H26N4O4/c1-17-14(21)11-16(23-2)12-19(9-10-24-13-16)15(22)5-3-7-20-8-4-6-18-20/h4,6,8H,3,5,7,9-13H2,1-2H3,(H,17,21)/t16-/m0/s1. The monoisotopic (exact) mass is 338 g/mol. The minimum absolute atomic E-state index is 0.0472. The van der Waals surface area contributed by atoms with Gasteiger partial charge in [0.05, 0.1) is 26.2 Å². The van der Waals surface area contributed by atoms with Gasteiger partial charge in [0.15, 0.2) is 0 Å². The van der Waals surface area contributed by atoms with Gasteiger partial charge in [-0.05, 0) is 12.5 Å². The number of methoxy groups -OCH3 is 1. The predicted molar refractivity (Wildman–Crippen MR) is 87.3 cm³/mol. The van der Waals surface area contributed by atoms with E-state index in [-0.39, 0.29) is 18.2 Å². The Morgan fingerprint density at radius 2 is 2.29 bits per heavy atom. The van der Waals surface area contributed by atoms with Crippen LogP contribution in [0.4, 0.5) is 0 Å². The Hall–Kier alpha value is -1.93. The second-order valence-corrected chi connectivity index (χ2v) is 5.98. The first kappa shape index (κ1) is 18.4. The van der Waals surface area contributed by atoms with Gasteiger partial charge in [0, 0.05) is 46.1 Å². The molecule has 2 heterocycles. The lowest BCUT2D eigenvalue weighted by Crippen LogP contribution is -2.50. The summed E-state index contributed by atoms with van der Waals surface area (Å²) >= 11 is 0. The number of hydrogen-bond acceptors (Lipinski definition) is 5. The van der Waals surface area contributed by atoms with Crippen LogP contribution in [0.1, 0.15) is 19.3 Å². The van der Waals surface area contributed by atoms with E-state index in [1.807, 2.05) is 16.9 Å². The van der Waals surface area contributed by atoms with E-state index in [0.717, 1.165) is 0 Å². The zero-order chi connectivity index (χ0) is 17.4. The number of amides is 2. The topological polar surface area (TPSA) is 85.7 Å². The van der Waals surface area contributed by atoms with E-state index in [4.69, 9.17) is 9.47 Å². The lowest BCUT2D eigenvalue weighted by atomic mass is 9.99. The average molecular weight is 338 g/mol. The number of ether oxygens (including phenoxy) is 2. The molecule has 8 heteroatoms. The Labute approximate surface area is 142 Å². The zero-order valence-corrected chi connectivity index (χ0v) is 14.4. The van der Waals surface area contributed by atoms with Crippen LogP contribution < -0.4 is 5.32 Å². The van der Waals surface area contributed by atoms with Crippen LogP contribution in [0.25, 0.3) is 0 Å². The Morgan fingerprint density at radius 3 is 2.96 bits per heavy atom. The van der Waals surface area contributed by atoms with E-state index >= 15 is 0 Å². The van der Waals surface area contributed by atoms with Gasteiger partial charge in [0.25, 0.3) is 0 Å². The first-order valence-electron chi connectivity index (χ1n) is 8.17. The summed E-state index contributed by atoms with van der Waals surface area (Å²) in [5, 5.41) is 6.72. The second-order valence-electron chi connectivity index (χ2n) is 5.98. The number of aromatic nitrogens is 2. The maximum atomic E-state index is 12.5. The van der Waals surface area contributed by atoms with Crippen LogP contribution in [0.15, 0.2) is 18.5 Å². The van der Waals surface area contributed by atoms with Gasteiger partial charge in [-0.25, -0.2) is 0 Å². The van der Waals surface area contributed by atoms with Crippen molar-refractivity contribution in [1.29, 1.82) is 0 Å². The number of hydrogen-bond donors (Lipinski definition) is 1. The molecule has 134 valence electrons. The molecule has 2 rings (SSSR count). The van der Waals surface area contributed by atoms with Crippen LogP contribution in [0.3, 0.4) is 0 Å². The van der Waals surface area contributed by atoms with E-state index < -0.39 is 5.60 Å². The first-order chi connectivity index (χ1) is 11.6. The minimum Gasteiger partial charge on any atom is -0.377 e. The molecule has 24 heavy (non-hydrogen) atoms. The number of carbonyl (C=O) groups is 2. The van der Waals surface area contributed by atoms with Crippen molar-refractivity contribution in [2.75, 3.05) is 40.5 Å². The summed E-state index contributed by atoms with van der Waals surface area (Å²) in [5.41, 5.74) is -0.797. The van der Waals surface area contributed by atoms with E-state index in [1.165, 1.54) is 0 Å². The normalized spacial score (nSPS) is 21.3. The summed E-state index contributed by atoms with van der Waals surface area (Å²) in [5.74, 6) is -0.0839. The predicted octanol–water partition coefficient (Wildman–Crippen LogP) is 0.0434. The van der Waals surface area contributed by atoms with Crippen LogP contribution in [0.2, 0.25) is 0 Å². The van der Waals surface area contributed by atoms with E-state index in [1.54, 1.807) is 25.3 Å². The Morgan fingerprint density at radius 1 is 1.46 bits per heavy atom. The molecule has 1 atom stereocenters.